The molecule has 0 bridgehead atoms. The number of nitrogens with one attached hydrogen (secondary N) is 1. The van der Waals surface area contributed by atoms with Gasteiger partial charge in [-0.1, -0.05) is 29.8 Å². The van der Waals surface area contributed by atoms with Crippen LogP contribution < -0.4 is 5.32 Å². The Morgan fingerprint density at radius 2 is 1.88 bits per heavy atom. The van der Waals surface area contributed by atoms with Crippen LogP contribution in [0.3, 0.4) is 0 Å². The van der Waals surface area contributed by atoms with Crippen molar-refractivity contribution < 1.29 is 9.90 Å². The molecule has 5 nitrogen and oxygen atoms in total. The summed E-state index contributed by atoms with van der Waals surface area (Å²) in [7, 11) is 0. The van der Waals surface area contributed by atoms with E-state index in [9.17, 15) is 4.79 Å². The van der Waals surface area contributed by atoms with Gasteiger partial charge >= 0.3 is 6.09 Å². The van der Waals surface area contributed by atoms with E-state index >= 15 is 0 Å². The molecule has 5 heteroatoms. The van der Waals surface area contributed by atoms with Crippen molar-refractivity contribution in [3.63, 3.8) is 0 Å². The molecular weight excluding hydrogens is 314 g/mol. The van der Waals surface area contributed by atoms with Crippen LogP contribution in [-0.2, 0) is 6.54 Å². The van der Waals surface area contributed by atoms with Crippen LogP contribution in [0.25, 0.3) is 16.9 Å². The second kappa shape index (κ2) is 6.81. The normalized spacial score (nSPS) is 10.7. The average Bonchev–Trinajstić information content (AvgIpc) is 3.03. The van der Waals surface area contributed by atoms with E-state index < -0.39 is 6.09 Å². The van der Waals surface area contributed by atoms with Gasteiger partial charge in [-0.3, -0.25) is 0 Å². The van der Waals surface area contributed by atoms with Crippen molar-refractivity contribution in [1.29, 1.82) is 0 Å². The van der Waals surface area contributed by atoms with Crippen LogP contribution in [0.1, 0.15) is 22.3 Å². The average molecular weight is 335 g/mol. The molecule has 1 aromatic heterocycles. The van der Waals surface area contributed by atoms with E-state index in [2.05, 4.69) is 42.5 Å². The number of aromatic nitrogens is 2. The molecule has 0 radical (unpaired) electrons. The summed E-state index contributed by atoms with van der Waals surface area (Å²) < 4.78 is 1.82. The first kappa shape index (κ1) is 16.8. The summed E-state index contributed by atoms with van der Waals surface area (Å²) >= 11 is 0. The number of carboxylic acid groups (broad SMARTS) is 1. The Labute approximate surface area is 146 Å². The highest BCUT2D eigenvalue weighted by Crippen LogP contribution is 2.24. The SMILES string of the molecule is Cc1ccc(-c2ccn(-c3ccc(C)c(CNC(=O)O)c3)n2)c(C)c1. The first-order valence-corrected chi connectivity index (χ1v) is 8.14. The highest BCUT2D eigenvalue weighted by molar-refractivity contribution is 5.65. The van der Waals surface area contributed by atoms with Crippen LogP contribution in [0.15, 0.2) is 48.7 Å². The Kier molecular flexibility index (Phi) is 4.57. The molecule has 0 unspecified atom stereocenters. The number of benzene rings is 2. The van der Waals surface area contributed by atoms with E-state index in [1.54, 1.807) is 0 Å². The molecule has 0 saturated carbocycles. The molecule has 25 heavy (non-hydrogen) atoms. The Morgan fingerprint density at radius 1 is 1.08 bits per heavy atom. The van der Waals surface area contributed by atoms with Crippen LogP contribution >= 0.6 is 0 Å². The maximum atomic E-state index is 10.7. The van der Waals surface area contributed by atoms with Crippen LogP contribution in [0.2, 0.25) is 0 Å². The lowest BCUT2D eigenvalue weighted by Gasteiger charge is -2.09. The summed E-state index contributed by atoms with van der Waals surface area (Å²) in [5.41, 5.74) is 7.34. The molecule has 1 heterocycles. The molecule has 0 fully saturated rings. The number of carbonyl (C=O) groups is 1. The van der Waals surface area contributed by atoms with Gasteiger partial charge in [0.1, 0.15) is 0 Å². The molecule has 0 aliphatic rings. The summed E-state index contributed by atoms with van der Waals surface area (Å²) in [5, 5.41) is 15.9. The third kappa shape index (κ3) is 3.71. The van der Waals surface area contributed by atoms with Gasteiger partial charge in [0.05, 0.1) is 11.4 Å². The topological polar surface area (TPSA) is 67.2 Å². The molecule has 3 rings (SSSR count). The maximum absolute atomic E-state index is 10.7. The summed E-state index contributed by atoms with van der Waals surface area (Å²) in [6, 6.07) is 14.2. The van der Waals surface area contributed by atoms with Crippen molar-refractivity contribution in [2.75, 3.05) is 0 Å². The molecule has 128 valence electrons. The molecule has 0 aliphatic carbocycles. The van der Waals surface area contributed by atoms with E-state index in [1.807, 2.05) is 42.1 Å². The van der Waals surface area contributed by atoms with Crippen molar-refractivity contribution in [2.45, 2.75) is 27.3 Å². The number of hydrogen-bond acceptors (Lipinski definition) is 2. The lowest BCUT2D eigenvalue weighted by Crippen LogP contribution is -2.20. The first-order chi connectivity index (χ1) is 11.9. The molecule has 2 N–H and O–H groups in total. The van der Waals surface area contributed by atoms with Gasteiger partial charge in [0.25, 0.3) is 0 Å². The third-order valence-electron chi connectivity index (χ3n) is 4.27. The Bertz CT molecular complexity index is 928. The maximum Gasteiger partial charge on any atom is 0.404 e. The summed E-state index contributed by atoms with van der Waals surface area (Å²) in [4.78, 5) is 10.7. The second-order valence-corrected chi connectivity index (χ2v) is 6.23. The number of rotatable bonds is 4. The number of amides is 1. The van der Waals surface area contributed by atoms with Crippen molar-refractivity contribution in [1.82, 2.24) is 15.1 Å². The fourth-order valence-corrected chi connectivity index (χ4v) is 2.87. The van der Waals surface area contributed by atoms with Crippen molar-refractivity contribution in [3.8, 4) is 16.9 Å². The number of aryl methyl sites for hydroxylation is 3. The molecular formula is C20H21N3O2. The van der Waals surface area contributed by atoms with Gasteiger partial charge in [0.2, 0.25) is 0 Å². The Hall–Kier alpha value is -3.08. The van der Waals surface area contributed by atoms with Crippen molar-refractivity contribution in [3.05, 3.63) is 70.9 Å². The zero-order valence-electron chi connectivity index (χ0n) is 14.6. The van der Waals surface area contributed by atoms with Crippen LogP contribution in [0.5, 0.6) is 0 Å². The van der Waals surface area contributed by atoms with Crippen LogP contribution in [0.4, 0.5) is 4.79 Å². The van der Waals surface area contributed by atoms with E-state index in [0.717, 1.165) is 28.1 Å². The molecule has 0 spiro atoms. The molecule has 0 saturated heterocycles. The van der Waals surface area contributed by atoms with Gasteiger partial charge in [0.15, 0.2) is 0 Å². The van der Waals surface area contributed by atoms with E-state index in [1.165, 1.54) is 11.1 Å². The fourth-order valence-electron chi connectivity index (χ4n) is 2.87. The van der Waals surface area contributed by atoms with Gasteiger partial charge < -0.3 is 10.4 Å². The molecule has 0 aliphatic heterocycles. The standard InChI is InChI=1S/C20H21N3O2/c1-13-4-7-18(15(3)10-13)19-8-9-23(22-19)17-6-5-14(2)16(11-17)12-21-20(24)25/h4-11,21H,12H2,1-3H3,(H,24,25). The molecule has 3 aromatic rings. The van der Waals surface area contributed by atoms with Gasteiger partial charge in [-0.05, 0) is 55.7 Å². The predicted molar refractivity (Wildman–Crippen MR) is 98.1 cm³/mol. The smallest absolute Gasteiger partial charge is 0.404 e. The number of hydrogen-bond donors (Lipinski definition) is 2. The zero-order valence-corrected chi connectivity index (χ0v) is 14.6. The molecule has 0 atom stereocenters. The summed E-state index contributed by atoms with van der Waals surface area (Å²) in [5.74, 6) is 0. The van der Waals surface area contributed by atoms with E-state index in [-0.39, 0.29) is 6.54 Å². The van der Waals surface area contributed by atoms with E-state index in [0.29, 0.717) is 0 Å². The Morgan fingerprint density at radius 3 is 2.60 bits per heavy atom. The third-order valence-corrected chi connectivity index (χ3v) is 4.27. The van der Waals surface area contributed by atoms with Crippen LogP contribution in [0, 0.1) is 20.8 Å². The minimum Gasteiger partial charge on any atom is -0.465 e. The number of nitrogens with zero attached hydrogens (tertiary/aromatic N) is 2. The lowest BCUT2D eigenvalue weighted by atomic mass is 10.0. The largest absolute Gasteiger partial charge is 0.465 e. The van der Waals surface area contributed by atoms with E-state index in [4.69, 9.17) is 5.11 Å². The molecule has 2 aromatic carbocycles. The molecule has 1 amide bonds. The lowest BCUT2D eigenvalue weighted by molar-refractivity contribution is 0.194. The quantitative estimate of drug-likeness (QED) is 0.749. The predicted octanol–water partition coefficient (Wildman–Crippen LogP) is 4.23. The Balaban J connectivity index is 1.92. The fraction of sp³-hybridized carbons (Fsp3) is 0.200. The van der Waals surface area contributed by atoms with Gasteiger partial charge in [-0.25, -0.2) is 9.48 Å². The minimum absolute atomic E-state index is 0.278. The highest BCUT2D eigenvalue weighted by Gasteiger charge is 2.08. The van der Waals surface area contributed by atoms with Gasteiger partial charge in [0, 0.05) is 18.3 Å². The van der Waals surface area contributed by atoms with Crippen molar-refractivity contribution >= 4 is 6.09 Å². The van der Waals surface area contributed by atoms with Crippen LogP contribution in [-0.4, -0.2) is 21.0 Å². The summed E-state index contributed by atoms with van der Waals surface area (Å²) in [6.07, 6.45) is 0.897. The van der Waals surface area contributed by atoms with Gasteiger partial charge in [-0.15, -0.1) is 0 Å². The van der Waals surface area contributed by atoms with Crippen molar-refractivity contribution in [2.24, 2.45) is 0 Å². The minimum atomic E-state index is -1.03. The monoisotopic (exact) mass is 335 g/mol. The van der Waals surface area contributed by atoms with Gasteiger partial charge in [-0.2, -0.15) is 5.10 Å². The summed E-state index contributed by atoms with van der Waals surface area (Å²) in [6.45, 7) is 6.41. The highest BCUT2D eigenvalue weighted by atomic mass is 16.4. The second-order valence-electron chi connectivity index (χ2n) is 6.23. The first-order valence-electron chi connectivity index (χ1n) is 8.14. The zero-order chi connectivity index (χ0) is 18.0.